The number of para-hydroxylation sites is 1. The van der Waals surface area contributed by atoms with Crippen molar-refractivity contribution in [3.05, 3.63) is 24.0 Å². The lowest BCUT2D eigenvalue weighted by molar-refractivity contribution is -0.0432. The highest BCUT2D eigenvalue weighted by molar-refractivity contribution is 5.75. The van der Waals surface area contributed by atoms with Crippen LogP contribution in [0.4, 0.5) is 10.4 Å². The van der Waals surface area contributed by atoms with E-state index in [-0.39, 0.29) is 24.3 Å². The molecule has 1 aliphatic heterocycles. The van der Waals surface area contributed by atoms with E-state index in [0.29, 0.717) is 24.7 Å². The van der Waals surface area contributed by atoms with E-state index in [1.807, 2.05) is 11.8 Å². The number of aromatic nitrogens is 1. The average Bonchev–Trinajstić information content (AvgIpc) is 2.83. The fourth-order valence-corrected chi connectivity index (χ4v) is 2.34. The first-order valence-corrected chi connectivity index (χ1v) is 6.23. The van der Waals surface area contributed by atoms with Gasteiger partial charge in [0, 0.05) is 6.54 Å². The van der Waals surface area contributed by atoms with Crippen molar-refractivity contribution in [2.75, 3.05) is 24.6 Å². The van der Waals surface area contributed by atoms with E-state index >= 15 is 0 Å². The maximum absolute atomic E-state index is 13.6. The standard InChI is InChI=1S/C13H15FN2O3/c1-8-5-16(6-9(7-17)18-8)13-15-12-10(14)3-2-4-11(12)19-13/h2-4,8-9,17H,5-7H2,1H3. The first-order valence-electron chi connectivity index (χ1n) is 6.23. The Kier molecular flexibility index (Phi) is 3.12. The monoisotopic (exact) mass is 266 g/mol. The Morgan fingerprint density at radius 3 is 3.05 bits per heavy atom. The van der Waals surface area contributed by atoms with Gasteiger partial charge in [0.15, 0.2) is 11.4 Å². The van der Waals surface area contributed by atoms with Crippen LogP contribution in [-0.2, 0) is 4.74 Å². The number of ether oxygens (including phenoxy) is 1. The van der Waals surface area contributed by atoms with Crippen LogP contribution in [0.25, 0.3) is 11.1 Å². The molecule has 102 valence electrons. The highest BCUT2D eigenvalue weighted by atomic mass is 19.1. The van der Waals surface area contributed by atoms with Crippen LogP contribution >= 0.6 is 0 Å². The maximum Gasteiger partial charge on any atom is 0.298 e. The molecule has 1 aromatic carbocycles. The summed E-state index contributed by atoms with van der Waals surface area (Å²) in [4.78, 5) is 6.06. The first kappa shape index (κ1) is 12.4. The average molecular weight is 266 g/mol. The minimum atomic E-state index is -0.396. The van der Waals surface area contributed by atoms with Crippen LogP contribution in [0.15, 0.2) is 22.6 Å². The number of anilines is 1. The summed E-state index contributed by atoms with van der Waals surface area (Å²) >= 11 is 0. The molecule has 1 aromatic heterocycles. The maximum atomic E-state index is 13.6. The lowest BCUT2D eigenvalue weighted by Gasteiger charge is -2.34. The van der Waals surface area contributed by atoms with Gasteiger partial charge in [0.1, 0.15) is 5.52 Å². The Labute approximate surface area is 109 Å². The molecule has 6 heteroatoms. The third-order valence-electron chi connectivity index (χ3n) is 3.16. The summed E-state index contributed by atoms with van der Waals surface area (Å²) in [5.41, 5.74) is 0.659. The fraction of sp³-hybridized carbons (Fsp3) is 0.462. The molecule has 0 saturated carbocycles. The van der Waals surface area contributed by atoms with Crippen LogP contribution in [0.3, 0.4) is 0 Å². The fourth-order valence-electron chi connectivity index (χ4n) is 2.34. The lowest BCUT2D eigenvalue weighted by atomic mass is 10.2. The topological polar surface area (TPSA) is 58.7 Å². The van der Waals surface area contributed by atoms with Gasteiger partial charge in [-0.1, -0.05) is 6.07 Å². The van der Waals surface area contributed by atoms with E-state index in [2.05, 4.69) is 4.98 Å². The quantitative estimate of drug-likeness (QED) is 0.893. The smallest absolute Gasteiger partial charge is 0.298 e. The van der Waals surface area contributed by atoms with E-state index in [9.17, 15) is 9.50 Å². The third-order valence-corrected chi connectivity index (χ3v) is 3.16. The molecule has 2 atom stereocenters. The van der Waals surface area contributed by atoms with Crippen molar-refractivity contribution in [2.24, 2.45) is 0 Å². The van der Waals surface area contributed by atoms with Gasteiger partial charge < -0.3 is 19.2 Å². The van der Waals surface area contributed by atoms with E-state index in [0.717, 1.165) is 0 Å². The minimum Gasteiger partial charge on any atom is -0.423 e. The molecule has 1 aliphatic rings. The number of hydrogen-bond acceptors (Lipinski definition) is 5. The van der Waals surface area contributed by atoms with Gasteiger partial charge in [-0.15, -0.1) is 0 Å². The molecule has 0 amide bonds. The SMILES string of the molecule is CC1CN(c2nc3c(F)cccc3o2)CC(CO)O1. The van der Waals surface area contributed by atoms with Gasteiger partial charge >= 0.3 is 0 Å². The number of oxazole rings is 1. The van der Waals surface area contributed by atoms with E-state index < -0.39 is 5.82 Å². The molecular weight excluding hydrogens is 251 g/mol. The van der Waals surface area contributed by atoms with Gasteiger partial charge in [0.2, 0.25) is 0 Å². The molecule has 19 heavy (non-hydrogen) atoms. The van der Waals surface area contributed by atoms with Gasteiger partial charge in [0.25, 0.3) is 6.01 Å². The Balaban J connectivity index is 1.93. The molecule has 1 N–H and O–H groups in total. The summed E-state index contributed by atoms with van der Waals surface area (Å²) in [5.74, 6) is -0.396. The lowest BCUT2D eigenvalue weighted by Crippen LogP contribution is -2.48. The molecule has 2 heterocycles. The van der Waals surface area contributed by atoms with Gasteiger partial charge in [-0.2, -0.15) is 4.98 Å². The molecule has 1 fully saturated rings. The van der Waals surface area contributed by atoms with Crippen molar-refractivity contribution >= 4 is 17.1 Å². The molecular formula is C13H15FN2O3. The Morgan fingerprint density at radius 2 is 2.32 bits per heavy atom. The normalized spacial score (nSPS) is 24.1. The summed E-state index contributed by atoms with van der Waals surface area (Å²) < 4.78 is 24.7. The summed E-state index contributed by atoms with van der Waals surface area (Å²) in [6.07, 6.45) is -0.311. The van der Waals surface area contributed by atoms with Crippen LogP contribution in [0, 0.1) is 5.82 Å². The first-order chi connectivity index (χ1) is 9.17. The van der Waals surface area contributed by atoms with Crippen molar-refractivity contribution in [3.8, 4) is 0 Å². The molecule has 0 spiro atoms. The van der Waals surface area contributed by atoms with Crippen LogP contribution in [0.1, 0.15) is 6.92 Å². The summed E-state index contributed by atoms with van der Waals surface area (Å²) in [6.45, 7) is 2.94. The van der Waals surface area contributed by atoms with Crippen molar-refractivity contribution in [2.45, 2.75) is 19.1 Å². The number of halogens is 1. The van der Waals surface area contributed by atoms with Crippen LogP contribution in [-0.4, -0.2) is 42.0 Å². The Hall–Kier alpha value is -1.66. The van der Waals surface area contributed by atoms with Crippen molar-refractivity contribution in [3.63, 3.8) is 0 Å². The molecule has 5 nitrogen and oxygen atoms in total. The number of aliphatic hydroxyl groups is 1. The zero-order valence-corrected chi connectivity index (χ0v) is 10.5. The summed E-state index contributed by atoms with van der Waals surface area (Å²) in [6, 6.07) is 4.99. The van der Waals surface area contributed by atoms with Gasteiger partial charge in [-0.25, -0.2) is 4.39 Å². The molecule has 0 aliphatic carbocycles. The Morgan fingerprint density at radius 1 is 1.47 bits per heavy atom. The van der Waals surface area contributed by atoms with Crippen LogP contribution in [0.5, 0.6) is 0 Å². The van der Waals surface area contributed by atoms with Crippen molar-refractivity contribution in [1.82, 2.24) is 4.98 Å². The molecule has 2 aromatic rings. The van der Waals surface area contributed by atoms with Crippen molar-refractivity contribution < 1.29 is 18.7 Å². The zero-order valence-electron chi connectivity index (χ0n) is 10.5. The zero-order chi connectivity index (χ0) is 13.4. The third kappa shape index (κ3) is 2.29. The number of aliphatic hydroxyl groups excluding tert-OH is 1. The summed E-state index contributed by atoms with van der Waals surface area (Å²) in [7, 11) is 0. The predicted octanol–water partition coefficient (Wildman–Crippen LogP) is 1.55. The van der Waals surface area contributed by atoms with E-state index in [4.69, 9.17) is 9.15 Å². The number of rotatable bonds is 2. The minimum absolute atomic E-state index is 0.0363. The van der Waals surface area contributed by atoms with Gasteiger partial charge in [0.05, 0.1) is 25.4 Å². The summed E-state index contributed by atoms with van der Waals surface area (Å²) in [5, 5.41) is 9.19. The van der Waals surface area contributed by atoms with E-state index in [1.165, 1.54) is 6.07 Å². The predicted molar refractivity (Wildman–Crippen MR) is 67.6 cm³/mol. The molecule has 0 bridgehead atoms. The Bertz CT molecular complexity index is 586. The number of hydrogen-bond donors (Lipinski definition) is 1. The molecule has 1 saturated heterocycles. The van der Waals surface area contributed by atoms with Crippen LogP contribution < -0.4 is 4.90 Å². The number of benzene rings is 1. The number of nitrogens with zero attached hydrogens (tertiary/aromatic N) is 2. The van der Waals surface area contributed by atoms with Crippen LogP contribution in [0.2, 0.25) is 0 Å². The van der Waals surface area contributed by atoms with Gasteiger partial charge in [-0.05, 0) is 19.1 Å². The largest absolute Gasteiger partial charge is 0.423 e. The molecule has 3 rings (SSSR count). The van der Waals surface area contributed by atoms with Crippen molar-refractivity contribution in [1.29, 1.82) is 0 Å². The molecule has 0 radical (unpaired) electrons. The molecule has 2 unspecified atom stereocenters. The number of morpholine rings is 1. The van der Waals surface area contributed by atoms with Gasteiger partial charge in [-0.3, -0.25) is 0 Å². The number of fused-ring (bicyclic) bond motifs is 1. The highest BCUT2D eigenvalue weighted by Gasteiger charge is 2.28. The second-order valence-electron chi connectivity index (χ2n) is 4.74. The second-order valence-corrected chi connectivity index (χ2v) is 4.74. The van der Waals surface area contributed by atoms with E-state index in [1.54, 1.807) is 12.1 Å². The highest BCUT2D eigenvalue weighted by Crippen LogP contribution is 2.26. The second kappa shape index (κ2) is 4.79.